The maximum absolute atomic E-state index is 12.8. The van der Waals surface area contributed by atoms with Crippen LogP contribution in [0.5, 0.6) is 5.75 Å². The fourth-order valence-electron chi connectivity index (χ4n) is 3.19. The van der Waals surface area contributed by atoms with E-state index in [-0.39, 0.29) is 22.1 Å². The van der Waals surface area contributed by atoms with Crippen LogP contribution in [0.15, 0.2) is 74.5 Å². The highest BCUT2D eigenvalue weighted by atomic mass is 35.5. The average Bonchev–Trinajstić information content (AvgIpc) is 3.00. The number of fused-ring (bicyclic) bond motifs is 1. The van der Waals surface area contributed by atoms with Crippen molar-refractivity contribution in [2.75, 3.05) is 0 Å². The Morgan fingerprint density at radius 3 is 2.29 bits per heavy atom. The van der Waals surface area contributed by atoms with Gasteiger partial charge in [-0.15, -0.1) is 10.2 Å². The summed E-state index contributed by atoms with van der Waals surface area (Å²) in [5, 5.41) is 22.0. The number of benzene rings is 3. The standard InChI is InChI=1S/C20H15ClN4O5S/c1-11-18(20(27)25(24-11)15-9-5-4-8-14(15)21)22-23-19-13-7-3-2-6-12(13)17(10-16(19)26)31(28,29)30/h2-10,24,26H,1H3,(H,28,29,30). The average molecular weight is 459 g/mol. The first-order valence-electron chi connectivity index (χ1n) is 8.89. The Balaban J connectivity index is 1.87. The van der Waals surface area contributed by atoms with Crippen molar-refractivity contribution in [3.63, 3.8) is 0 Å². The SMILES string of the molecule is Cc1[nH]n(-c2ccccc2Cl)c(=O)c1N=Nc1c(O)cc(S(=O)(=O)O)c2ccccc12. The molecule has 3 aromatic carbocycles. The molecule has 1 heterocycles. The normalized spacial score (nSPS) is 12.1. The molecular formula is C20H15ClN4O5S. The van der Waals surface area contributed by atoms with Gasteiger partial charge in [-0.3, -0.25) is 14.4 Å². The summed E-state index contributed by atoms with van der Waals surface area (Å²) in [6.45, 7) is 1.63. The Morgan fingerprint density at radius 1 is 1.00 bits per heavy atom. The van der Waals surface area contributed by atoms with E-state index in [0.29, 0.717) is 16.4 Å². The van der Waals surface area contributed by atoms with Crippen molar-refractivity contribution in [2.45, 2.75) is 11.8 Å². The maximum Gasteiger partial charge on any atom is 0.299 e. The second kappa shape index (κ2) is 7.65. The molecule has 0 atom stereocenters. The van der Waals surface area contributed by atoms with E-state index in [1.807, 2.05) is 0 Å². The number of phenols is 1. The number of H-pyrrole nitrogens is 1. The third-order valence-electron chi connectivity index (χ3n) is 4.62. The molecule has 0 aliphatic carbocycles. The van der Waals surface area contributed by atoms with Gasteiger partial charge in [-0.1, -0.05) is 48.0 Å². The summed E-state index contributed by atoms with van der Waals surface area (Å²) in [6.07, 6.45) is 0. The van der Waals surface area contributed by atoms with Crippen LogP contribution in [0, 0.1) is 6.92 Å². The van der Waals surface area contributed by atoms with E-state index >= 15 is 0 Å². The van der Waals surface area contributed by atoms with Crippen LogP contribution in [0.25, 0.3) is 16.5 Å². The summed E-state index contributed by atoms with van der Waals surface area (Å²) >= 11 is 6.17. The lowest BCUT2D eigenvalue weighted by Crippen LogP contribution is -2.14. The van der Waals surface area contributed by atoms with Gasteiger partial charge in [-0.2, -0.15) is 8.42 Å². The van der Waals surface area contributed by atoms with Crippen LogP contribution in [0.3, 0.4) is 0 Å². The number of phenolic OH excluding ortho intramolecular Hbond substituents is 1. The van der Waals surface area contributed by atoms with Gasteiger partial charge in [-0.05, 0) is 19.1 Å². The maximum atomic E-state index is 12.8. The monoisotopic (exact) mass is 458 g/mol. The zero-order valence-corrected chi connectivity index (χ0v) is 17.5. The molecule has 0 fully saturated rings. The number of azo groups is 1. The minimum Gasteiger partial charge on any atom is -0.506 e. The van der Waals surface area contributed by atoms with E-state index in [0.717, 1.165) is 6.07 Å². The molecule has 0 aliphatic heterocycles. The van der Waals surface area contributed by atoms with E-state index < -0.39 is 26.3 Å². The first-order valence-corrected chi connectivity index (χ1v) is 10.7. The van der Waals surface area contributed by atoms with Crippen molar-refractivity contribution in [1.29, 1.82) is 0 Å². The molecule has 0 spiro atoms. The molecule has 3 N–H and O–H groups in total. The fourth-order valence-corrected chi connectivity index (χ4v) is 4.13. The van der Waals surface area contributed by atoms with Crippen LogP contribution in [0.1, 0.15) is 5.69 Å². The van der Waals surface area contributed by atoms with E-state index in [1.54, 1.807) is 43.3 Å². The molecule has 0 saturated heterocycles. The first kappa shape index (κ1) is 20.8. The van der Waals surface area contributed by atoms with Crippen molar-refractivity contribution in [3.8, 4) is 11.4 Å². The Bertz CT molecular complexity index is 1520. The number of nitrogens with one attached hydrogen (secondary N) is 1. The highest BCUT2D eigenvalue weighted by Crippen LogP contribution is 2.39. The Hall–Kier alpha value is -3.47. The molecule has 1 aromatic heterocycles. The van der Waals surface area contributed by atoms with Gasteiger partial charge in [-0.25, -0.2) is 4.68 Å². The summed E-state index contributed by atoms with van der Waals surface area (Å²) in [4.78, 5) is 12.4. The number of aromatic hydroxyl groups is 1. The van der Waals surface area contributed by atoms with Gasteiger partial charge in [0.25, 0.3) is 15.7 Å². The molecule has 0 aliphatic rings. The molecule has 0 unspecified atom stereocenters. The van der Waals surface area contributed by atoms with Gasteiger partial charge in [0.1, 0.15) is 16.3 Å². The van der Waals surface area contributed by atoms with Gasteiger partial charge in [0.2, 0.25) is 0 Å². The lowest BCUT2D eigenvalue weighted by molar-refractivity contribution is 0.468. The Morgan fingerprint density at radius 2 is 1.61 bits per heavy atom. The van der Waals surface area contributed by atoms with Gasteiger partial charge in [0, 0.05) is 16.8 Å². The van der Waals surface area contributed by atoms with Gasteiger partial charge < -0.3 is 5.11 Å². The van der Waals surface area contributed by atoms with Crippen LogP contribution in [-0.4, -0.2) is 27.9 Å². The molecule has 0 radical (unpaired) electrons. The molecule has 31 heavy (non-hydrogen) atoms. The fraction of sp³-hybridized carbons (Fsp3) is 0.0500. The topological polar surface area (TPSA) is 137 Å². The zero-order valence-electron chi connectivity index (χ0n) is 15.9. The van der Waals surface area contributed by atoms with Crippen molar-refractivity contribution >= 4 is 43.9 Å². The van der Waals surface area contributed by atoms with Crippen molar-refractivity contribution in [2.24, 2.45) is 10.2 Å². The highest BCUT2D eigenvalue weighted by Gasteiger charge is 2.20. The van der Waals surface area contributed by atoms with Gasteiger partial charge in [0.05, 0.1) is 16.4 Å². The third kappa shape index (κ3) is 3.72. The zero-order chi connectivity index (χ0) is 22.3. The lowest BCUT2D eigenvalue weighted by Gasteiger charge is -2.08. The molecule has 9 nitrogen and oxygen atoms in total. The smallest absolute Gasteiger partial charge is 0.299 e. The largest absolute Gasteiger partial charge is 0.506 e. The first-order chi connectivity index (χ1) is 14.7. The quantitative estimate of drug-likeness (QED) is 0.302. The number of hydrogen-bond donors (Lipinski definition) is 3. The Labute approximate surface area is 181 Å². The molecule has 0 amide bonds. The highest BCUT2D eigenvalue weighted by molar-refractivity contribution is 7.86. The summed E-state index contributed by atoms with van der Waals surface area (Å²) in [6, 6.07) is 13.8. The van der Waals surface area contributed by atoms with Crippen LogP contribution in [-0.2, 0) is 10.1 Å². The van der Waals surface area contributed by atoms with Crippen molar-refractivity contribution < 1.29 is 18.1 Å². The molecule has 158 valence electrons. The van der Waals surface area contributed by atoms with E-state index in [1.165, 1.54) is 16.8 Å². The summed E-state index contributed by atoms with van der Waals surface area (Å²) in [7, 11) is -4.58. The minimum absolute atomic E-state index is 0.0118. The molecule has 0 saturated carbocycles. The summed E-state index contributed by atoms with van der Waals surface area (Å²) in [5.41, 5.74) is 0.277. The second-order valence-electron chi connectivity index (χ2n) is 6.64. The Kier molecular flexibility index (Phi) is 5.13. The number of nitrogens with zero attached hydrogens (tertiary/aromatic N) is 3. The van der Waals surface area contributed by atoms with Crippen molar-refractivity contribution in [1.82, 2.24) is 9.78 Å². The molecule has 4 rings (SSSR count). The van der Waals surface area contributed by atoms with E-state index in [9.17, 15) is 22.9 Å². The predicted molar refractivity (Wildman–Crippen MR) is 116 cm³/mol. The second-order valence-corrected chi connectivity index (χ2v) is 8.44. The number of aryl methyl sites for hydroxylation is 1. The summed E-state index contributed by atoms with van der Waals surface area (Å²) < 4.78 is 34.0. The number of aromatic amines is 1. The van der Waals surface area contributed by atoms with E-state index in [2.05, 4.69) is 15.3 Å². The number of hydrogen-bond acceptors (Lipinski definition) is 6. The number of rotatable bonds is 4. The van der Waals surface area contributed by atoms with Gasteiger partial charge >= 0.3 is 0 Å². The number of halogens is 1. The van der Waals surface area contributed by atoms with Crippen LogP contribution >= 0.6 is 11.6 Å². The minimum atomic E-state index is -4.58. The summed E-state index contributed by atoms with van der Waals surface area (Å²) in [5.74, 6) is -0.519. The molecule has 11 heteroatoms. The number of para-hydroxylation sites is 1. The van der Waals surface area contributed by atoms with Gasteiger partial charge in [0.15, 0.2) is 5.69 Å². The number of aromatic nitrogens is 2. The van der Waals surface area contributed by atoms with Crippen LogP contribution in [0.4, 0.5) is 11.4 Å². The molecular weight excluding hydrogens is 444 g/mol. The molecule has 0 bridgehead atoms. The third-order valence-corrected chi connectivity index (χ3v) is 5.83. The van der Waals surface area contributed by atoms with Crippen LogP contribution in [0.2, 0.25) is 5.02 Å². The lowest BCUT2D eigenvalue weighted by atomic mass is 10.1. The van der Waals surface area contributed by atoms with Crippen LogP contribution < -0.4 is 5.56 Å². The van der Waals surface area contributed by atoms with E-state index in [4.69, 9.17) is 11.6 Å². The molecule has 4 aromatic rings. The van der Waals surface area contributed by atoms with Crippen molar-refractivity contribution in [3.05, 3.63) is 75.7 Å². The predicted octanol–water partition coefficient (Wildman–Crippen LogP) is 4.65.